The zero-order valence-corrected chi connectivity index (χ0v) is 14.9. The van der Waals surface area contributed by atoms with Crippen LogP contribution in [0.15, 0.2) is 36.4 Å². The molecule has 0 fully saturated rings. The molecule has 0 spiro atoms. The van der Waals surface area contributed by atoms with Gasteiger partial charge in [0, 0.05) is 17.8 Å². The van der Waals surface area contributed by atoms with Crippen molar-refractivity contribution in [2.24, 2.45) is 0 Å². The summed E-state index contributed by atoms with van der Waals surface area (Å²) in [6.07, 6.45) is 0. The van der Waals surface area contributed by atoms with Crippen LogP contribution >= 0.6 is 0 Å². The molecule has 2 aromatic rings. The predicted octanol–water partition coefficient (Wildman–Crippen LogP) is 3.36. The molecule has 2 N–H and O–H groups in total. The fraction of sp³-hybridized carbons (Fsp3) is 0.278. The molecule has 2 rings (SSSR count). The summed E-state index contributed by atoms with van der Waals surface area (Å²) in [6, 6.07) is 10.1. The lowest BCUT2D eigenvalue weighted by Crippen LogP contribution is -2.22. The van der Waals surface area contributed by atoms with Crippen LogP contribution in [0.4, 0.5) is 17.1 Å². The van der Waals surface area contributed by atoms with Crippen LogP contribution in [0.2, 0.25) is 0 Å². The Balaban J connectivity index is 2.08. The number of methoxy groups -OCH3 is 1. The van der Waals surface area contributed by atoms with Gasteiger partial charge in [-0.15, -0.1) is 0 Å². The molecule has 0 bridgehead atoms. The number of hydrogen-bond donors (Lipinski definition) is 2. The lowest BCUT2D eigenvalue weighted by atomic mass is 10.1. The molecular formula is C18H21N3O5. The molecule has 0 saturated heterocycles. The molecule has 0 aliphatic rings. The number of amides is 1. The maximum absolute atomic E-state index is 12.2. The first-order valence-electron chi connectivity index (χ1n) is 8.04. The standard InChI is InChI=1S/C18H21N3O5/c1-4-26-16-8-6-5-7-13(16)19-11-18(22)20-14-10-17(25-3)15(21(23)24)9-12(14)2/h5-10,19H,4,11H2,1-3H3,(H,20,22). The number of nitro groups is 1. The molecule has 8 nitrogen and oxygen atoms in total. The van der Waals surface area contributed by atoms with E-state index in [0.717, 1.165) is 0 Å². The minimum absolute atomic E-state index is 0.0167. The second-order valence-corrected chi connectivity index (χ2v) is 5.43. The molecule has 138 valence electrons. The summed E-state index contributed by atoms with van der Waals surface area (Å²) in [5.41, 5.74) is 1.59. The first kappa shape index (κ1) is 19.0. The lowest BCUT2D eigenvalue weighted by molar-refractivity contribution is -0.385. The SMILES string of the molecule is CCOc1ccccc1NCC(=O)Nc1cc(OC)c([N+](=O)[O-])cc1C. The van der Waals surface area contributed by atoms with E-state index in [9.17, 15) is 14.9 Å². The molecule has 26 heavy (non-hydrogen) atoms. The van der Waals surface area contributed by atoms with Gasteiger partial charge in [0.2, 0.25) is 5.91 Å². The van der Waals surface area contributed by atoms with Crippen molar-refractivity contribution in [3.8, 4) is 11.5 Å². The molecule has 0 aliphatic carbocycles. The van der Waals surface area contributed by atoms with Crippen molar-refractivity contribution in [2.75, 3.05) is 30.9 Å². The van der Waals surface area contributed by atoms with E-state index in [-0.39, 0.29) is 23.9 Å². The van der Waals surface area contributed by atoms with Gasteiger partial charge in [0.25, 0.3) is 0 Å². The summed E-state index contributed by atoms with van der Waals surface area (Å²) in [5.74, 6) is 0.455. The molecule has 8 heteroatoms. The number of hydrogen-bond acceptors (Lipinski definition) is 6. The highest BCUT2D eigenvalue weighted by Gasteiger charge is 2.18. The van der Waals surface area contributed by atoms with E-state index in [1.165, 1.54) is 19.2 Å². The average molecular weight is 359 g/mol. The van der Waals surface area contributed by atoms with E-state index < -0.39 is 4.92 Å². The van der Waals surface area contributed by atoms with Crippen molar-refractivity contribution in [1.29, 1.82) is 0 Å². The van der Waals surface area contributed by atoms with Crippen LogP contribution in [0.25, 0.3) is 0 Å². The topological polar surface area (TPSA) is 103 Å². The number of rotatable bonds is 8. The molecule has 0 aromatic heterocycles. The summed E-state index contributed by atoms with van der Waals surface area (Å²) >= 11 is 0. The number of aryl methyl sites for hydroxylation is 1. The summed E-state index contributed by atoms with van der Waals surface area (Å²) in [7, 11) is 1.34. The molecule has 0 unspecified atom stereocenters. The first-order chi connectivity index (χ1) is 12.5. The van der Waals surface area contributed by atoms with Gasteiger partial charge in [-0.3, -0.25) is 14.9 Å². The highest BCUT2D eigenvalue weighted by atomic mass is 16.6. The maximum Gasteiger partial charge on any atom is 0.311 e. The van der Waals surface area contributed by atoms with Gasteiger partial charge >= 0.3 is 5.69 Å². The van der Waals surface area contributed by atoms with Gasteiger partial charge in [0.15, 0.2) is 5.75 Å². The third-order valence-corrected chi connectivity index (χ3v) is 3.62. The van der Waals surface area contributed by atoms with Crippen molar-refractivity contribution in [3.05, 3.63) is 52.1 Å². The number of carbonyl (C=O) groups is 1. The number of nitro benzene ring substituents is 1. The summed E-state index contributed by atoms with van der Waals surface area (Å²) < 4.78 is 10.5. The Labute approximate surface area is 151 Å². The molecule has 0 atom stereocenters. The number of ether oxygens (including phenoxy) is 2. The molecule has 0 aliphatic heterocycles. The quantitative estimate of drug-likeness (QED) is 0.553. The second-order valence-electron chi connectivity index (χ2n) is 5.43. The summed E-state index contributed by atoms with van der Waals surface area (Å²) in [4.78, 5) is 22.7. The Kier molecular flexibility index (Phi) is 6.37. The molecule has 1 amide bonds. The van der Waals surface area contributed by atoms with Crippen molar-refractivity contribution in [2.45, 2.75) is 13.8 Å². The summed E-state index contributed by atoms with van der Waals surface area (Å²) in [6.45, 7) is 4.10. The summed E-state index contributed by atoms with van der Waals surface area (Å²) in [5, 5.41) is 16.8. The number of nitrogens with one attached hydrogen (secondary N) is 2. The Morgan fingerprint density at radius 2 is 1.92 bits per heavy atom. The van der Waals surface area contributed by atoms with Gasteiger partial charge in [-0.2, -0.15) is 0 Å². The molecule has 0 heterocycles. The van der Waals surface area contributed by atoms with Crippen LogP contribution in [0.3, 0.4) is 0 Å². The Morgan fingerprint density at radius 1 is 1.19 bits per heavy atom. The van der Waals surface area contributed by atoms with E-state index >= 15 is 0 Å². The van der Waals surface area contributed by atoms with E-state index in [4.69, 9.17) is 9.47 Å². The zero-order chi connectivity index (χ0) is 19.1. The Morgan fingerprint density at radius 3 is 2.58 bits per heavy atom. The minimum atomic E-state index is -0.524. The minimum Gasteiger partial charge on any atom is -0.492 e. The van der Waals surface area contributed by atoms with Crippen molar-refractivity contribution in [3.63, 3.8) is 0 Å². The lowest BCUT2D eigenvalue weighted by Gasteiger charge is -2.13. The van der Waals surface area contributed by atoms with E-state index in [0.29, 0.717) is 29.3 Å². The Hall–Kier alpha value is -3.29. The highest BCUT2D eigenvalue weighted by molar-refractivity contribution is 5.95. The number of anilines is 2. The van der Waals surface area contributed by atoms with Gasteiger partial charge in [-0.05, 0) is 31.5 Å². The van der Waals surface area contributed by atoms with Crippen LogP contribution in [-0.2, 0) is 4.79 Å². The van der Waals surface area contributed by atoms with Gasteiger partial charge in [0.05, 0.1) is 30.9 Å². The number of benzene rings is 2. The van der Waals surface area contributed by atoms with E-state index in [1.54, 1.807) is 6.92 Å². The van der Waals surface area contributed by atoms with Crippen molar-refractivity contribution in [1.82, 2.24) is 0 Å². The third-order valence-electron chi connectivity index (χ3n) is 3.62. The Bertz CT molecular complexity index is 807. The van der Waals surface area contributed by atoms with Gasteiger partial charge in [-0.1, -0.05) is 12.1 Å². The van der Waals surface area contributed by atoms with E-state index in [1.807, 2.05) is 31.2 Å². The van der Waals surface area contributed by atoms with Crippen molar-refractivity contribution >= 4 is 23.0 Å². The van der Waals surface area contributed by atoms with Gasteiger partial charge in [-0.25, -0.2) is 0 Å². The number of nitrogens with zero attached hydrogens (tertiary/aromatic N) is 1. The van der Waals surface area contributed by atoms with Crippen LogP contribution in [0.1, 0.15) is 12.5 Å². The average Bonchev–Trinajstić information content (AvgIpc) is 2.62. The first-order valence-corrected chi connectivity index (χ1v) is 8.04. The normalized spacial score (nSPS) is 10.1. The maximum atomic E-state index is 12.2. The monoisotopic (exact) mass is 359 g/mol. The highest BCUT2D eigenvalue weighted by Crippen LogP contribution is 2.32. The predicted molar refractivity (Wildman–Crippen MR) is 99.1 cm³/mol. The van der Waals surface area contributed by atoms with Crippen LogP contribution in [0.5, 0.6) is 11.5 Å². The van der Waals surface area contributed by atoms with Gasteiger partial charge < -0.3 is 20.1 Å². The smallest absolute Gasteiger partial charge is 0.311 e. The zero-order valence-electron chi connectivity index (χ0n) is 14.9. The number of carbonyl (C=O) groups excluding carboxylic acids is 1. The molecular weight excluding hydrogens is 338 g/mol. The molecule has 2 aromatic carbocycles. The molecule has 0 radical (unpaired) electrons. The second kappa shape index (κ2) is 8.70. The van der Waals surface area contributed by atoms with E-state index in [2.05, 4.69) is 10.6 Å². The third kappa shape index (κ3) is 4.62. The van der Waals surface area contributed by atoms with Crippen LogP contribution < -0.4 is 20.1 Å². The van der Waals surface area contributed by atoms with Gasteiger partial charge in [0.1, 0.15) is 5.75 Å². The fourth-order valence-electron chi connectivity index (χ4n) is 2.38. The van der Waals surface area contributed by atoms with Crippen LogP contribution in [-0.4, -0.2) is 31.1 Å². The largest absolute Gasteiger partial charge is 0.492 e. The molecule has 0 saturated carbocycles. The van der Waals surface area contributed by atoms with Crippen molar-refractivity contribution < 1.29 is 19.2 Å². The fourth-order valence-corrected chi connectivity index (χ4v) is 2.38. The number of para-hydroxylation sites is 2. The van der Waals surface area contributed by atoms with Crippen LogP contribution in [0, 0.1) is 17.0 Å².